The van der Waals surface area contributed by atoms with E-state index in [0.717, 1.165) is 19.4 Å². The fourth-order valence-electron chi connectivity index (χ4n) is 5.24. The van der Waals surface area contributed by atoms with Crippen LogP contribution in [0.4, 0.5) is 0 Å². The van der Waals surface area contributed by atoms with Gasteiger partial charge in [0.05, 0.1) is 0 Å². The highest BCUT2D eigenvalue weighted by atomic mass is 16.5. The average Bonchev–Trinajstić information content (AvgIpc) is 2.83. The van der Waals surface area contributed by atoms with E-state index in [4.69, 9.17) is 4.74 Å². The van der Waals surface area contributed by atoms with Crippen LogP contribution in [-0.4, -0.2) is 47.0 Å². The Labute approximate surface area is 123 Å². The van der Waals surface area contributed by atoms with Gasteiger partial charge in [-0.15, -0.1) is 0 Å². The molecule has 5 rings (SSSR count). The number of rotatable bonds is 0. The standard InChI is InChI=1S/C17H19NO3/c1-18-7-6-17-10-3-5-13(20)16(17)21-15-12(19)4-2-9(14(15)17)8-11(10)18/h2-5,10-11,13,16,19-20H,6-8H2,1H3/t10?,11-,13+,16?,17?/m1/s1. The molecule has 2 aliphatic carbocycles. The van der Waals surface area contributed by atoms with E-state index in [2.05, 4.69) is 18.0 Å². The van der Waals surface area contributed by atoms with Crippen LogP contribution >= 0.6 is 0 Å². The van der Waals surface area contributed by atoms with E-state index in [-0.39, 0.29) is 17.3 Å². The highest BCUT2D eigenvalue weighted by molar-refractivity contribution is 5.61. The zero-order valence-corrected chi connectivity index (χ0v) is 12.0. The molecule has 1 saturated heterocycles. The maximum atomic E-state index is 10.4. The lowest BCUT2D eigenvalue weighted by molar-refractivity contribution is -0.0453. The van der Waals surface area contributed by atoms with Crippen molar-refractivity contribution >= 4 is 0 Å². The van der Waals surface area contributed by atoms with Gasteiger partial charge in [0.25, 0.3) is 0 Å². The molecule has 1 spiro atoms. The molecule has 0 saturated carbocycles. The topological polar surface area (TPSA) is 52.9 Å². The number of aliphatic hydroxyl groups is 1. The molecule has 1 aromatic rings. The van der Waals surface area contributed by atoms with E-state index < -0.39 is 6.10 Å². The van der Waals surface area contributed by atoms with Crippen LogP contribution in [0.3, 0.4) is 0 Å². The molecule has 4 heteroatoms. The van der Waals surface area contributed by atoms with Gasteiger partial charge in [0.1, 0.15) is 12.2 Å². The van der Waals surface area contributed by atoms with Crippen LogP contribution in [0.25, 0.3) is 0 Å². The molecule has 4 aliphatic rings. The minimum atomic E-state index is -0.594. The molecule has 0 radical (unpaired) electrons. The second kappa shape index (κ2) is 3.62. The third-order valence-electron chi connectivity index (χ3n) is 6.15. The molecule has 3 unspecified atom stereocenters. The Bertz CT molecular complexity index is 670. The van der Waals surface area contributed by atoms with Gasteiger partial charge in [-0.25, -0.2) is 0 Å². The first-order valence-electron chi connectivity index (χ1n) is 7.71. The summed E-state index contributed by atoms with van der Waals surface area (Å²) in [6.45, 7) is 1.01. The molecule has 4 nitrogen and oxygen atoms in total. The summed E-state index contributed by atoms with van der Waals surface area (Å²) < 4.78 is 6.09. The monoisotopic (exact) mass is 285 g/mol. The van der Waals surface area contributed by atoms with Gasteiger partial charge in [0.15, 0.2) is 11.5 Å². The lowest BCUT2D eigenvalue weighted by atomic mass is 9.53. The van der Waals surface area contributed by atoms with Crippen molar-refractivity contribution in [3.8, 4) is 11.5 Å². The molecule has 2 N–H and O–H groups in total. The number of aromatic hydroxyl groups is 1. The van der Waals surface area contributed by atoms with Crippen LogP contribution in [-0.2, 0) is 11.8 Å². The Balaban J connectivity index is 1.84. The number of likely N-dealkylation sites (N-methyl/N-ethyl adjacent to an activating group) is 1. The number of aliphatic hydroxyl groups excluding tert-OH is 1. The largest absolute Gasteiger partial charge is 0.504 e. The van der Waals surface area contributed by atoms with Crippen LogP contribution < -0.4 is 4.74 Å². The van der Waals surface area contributed by atoms with Crippen molar-refractivity contribution in [2.24, 2.45) is 5.92 Å². The lowest BCUT2D eigenvalue weighted by Gasteiger charge is -2.56. The number of likely N-dealkylation sites (tertiary alicyclic amines) is 1. The molecule has 1 aromatic carbocycles. The van der Waals surface area contributed by atoms with Gasteiger partial charge in [-0.1, -0.05) is 18.2 Å². The van der Waals surface area contributed by atoms with E-state index >= 15 is 0 Å². The highest BCUT2D eigenvalue weighted by Gasteiger charge is 2.64. The molecule has 2 heterocycles. The normalized spacial score (nSPS) is 42.6. The second-order valence-electron chi connectivity index (χ2n) is 6.93. The summed E-state index contributed by atoms with van der Waals surface area (Å²) in [7, 11) is 2.19. The maximum Gasteiger partial charge on any atom is 0.165 e. The van der Waals surface area contributed by atoms with Gasteiger partial charge in [0.2, 0.25) is 0 Å². The maximum absolute atomic E-state index is 10.4. The molecule has 0 amide bonds. The smallest absolute Gasteiger partial charge is 0.165 e. The van der Waals surface area contributed by atoms with Gasteiger partial charge in [-0.3, -0.25) is 0 Å². The number of piperidine rings is 1. The van der Waals surface area contributed by atoms with E-state index in [0.29, 0.717) is 17.7 Å². The highest BCUT2D eigenvalue weighted by Crippen LogP contribution is 2.62. The van der Waals surface area contributed by atoms with Crippen molar-refractivity contribution < 1.29 is 14.9 Å². The Hall–Kier alpha value is -1.52. The molecule has 5 atom stereocenters. The molecule has 2 aliphatic heterocycles. The Morgan fingerprint density at radius 2 is 2.19 bits per heavy atom. The molecular weight excluding hydrogens is 266 g/mol. The van der Waals surface area contributed by atoms with Crippen LogP contribution in [0, 0.1) is 5.92 Å². The van der Waals surface area contributed by atoms with Gasteiger partial charge in [-0.2, -0.15) is 0 Å². The van der Waals surface area contributed by atoms with Crippen molar-refractivity contribution in [2.75, 3.05) is 13.6 Å². The fourth-order valence-corrected chi connectivity index (χ4v) is 5.24. The second-order valence-corrected chi connectivity index (χ2v) is 6.93. The van der Waals surface area contributed by atoms with E-state index in [1.165, 1.54) is 11.1 Å². The molecule has 2 bridgehead atoms. The van der Waals surface area contributed by atoms with Crippen LogP contribution in [0.2, 0.25) is 0 Å². The Kier molecular flexibility index (Phi) is 2.08. The molecular formula is C17H19NO3. The molecule has 1 fully saturated rings. The molecule has 0 aromatic heterocycles. The Morgan fingerprint density at radius 1 is 1.33 bits per heavy atom. The van der Waals surface area contributed by atoms with Crippen LogP contribution in [0.15, 0.2) is 24.3 Å². The van der Waals surface area contributed by atoms with Gasteiger partial charge >= 0.3 is 0 Å². The zero-order chi connectivity index (χ0) is 14.4. The fraction of sp³-hybridized carbons (Fsp3) is 0.529. The summed E-state index contributed by atoms with van der Waals surface area (Å²) >= 11 is 0. The van der Waals surface area contributed by atoms with Gasteiger partial charge in [-0.05, 0) is 38.1 Å². The van der Waals surface area contributed by atoms with E-state index in [1.807, 2.05) is 12.1 Å². The number of ether oxygens (including phenoxy) is 1. The predicted molar refractivity (Wildman–Crippen MR) is 77.6 cm³/mol. The van der Waals surface area contributed by atoms with Gasteiger partial charge in [0, 0.05) is 22.9 Å². The average molecular weight is 285 g/mol. The van der Waals surface area contributed by atoms with Gasteiger partial charge < -0.3 is 19.8 Å². The van der Waals surface area contributed by atoms with Crippen molar-refractivity contribution in [2.45, 2.75) is 36.5 Å². The van der Waals surface area contributed by atoms with Crippen molar-refractivity contribution in [3.05, 3.63) is 35.4 Å². The van der Waals surface area contributed by atoms with E-state index in [9.17, 15) is 10.2 Å². The SMILES string of the molecule is CN1CCC23c4c5ccc(O)c4OC2[C@@H](O)C=CC3[C@H]1C5. The number of hydrogen-bond acceptors (Lipinski definition) is 4. The Morgan fingerprint density at radius 3 is 3.05 bits per heavy atom. The summed E-state index contributed by atoms with van der Waals surface area (Å²) in [5, 5.41) is 20.6. The number of benzene rings is 1. The minimum Gasteiger partial charge on any atom is -0.504 e. The summed E-state index contributed by atoms with van der Waals surface area (Å²) in [5.41, 5.74) is 2.29. The number of phenols is 1. The lowest BCUT2D eigenvalue weighted by Crippen LogP contribution is -2.64. The third-order valence-corrected chi connectivity index (χ3v) is 6.15. The number of phenolic OH excluding ortho intramolecular Hbond substituents is 1. The summed E-state index contributed by atoms with van der Waals surface area (Å²) in [5.74, 6) is 1.19. The minimum absolute atomic E-state index is 0.160. The molecule has 110 valence electrons. The summed E-state index contributed by atoms with van der Waals surface area (Å²) in [6, 6.07) is 4.23. The van der Waals surface area contributed by atoms with Crippen LogP contribution in [0.1, 0.15) is 17.5 Å². The van der Waals surface area contributed by atoms with Crippen molar-refractivity contribution in [3.63, 3.8) is 0 Å². The first-order valence-corrected chi connectivity index (χ1v) is 7.71. The number of nitrogens with zero attached hydrogens (tertiary/aromatic N) is 1. The summed E-state index contributed by atoms with van der Waals surface area (Å²) in [4.78, 5) is 2.43. The number of hydrogen-bond donors (Lipinski definition) is 2. The first-order chi connectivity index (χ1) is 10.1. The van der Waals surface area contributed by atoms with E-state index in [1.54, 1.807) is 6.07 Å². The zero-order valence-electron chi connectivity index (χ0n) is 12.0. The first kappa shape index (κ1) is 12.1. The predicted octanol–water partition coefficient (Wildman–Crippen LogP) is 1.20. The summed E-state index contributed by atoms with van der Waals surface area (Å²) in [6.07, 6.45) is 5.18. The quantitative estimate of drug-likeness (QED) is 0.703. The third kappa shape index (κ3) is 1.21. The van der Waals surface area contributed by atoms with Crippen LogP contribution in [0.5, 0.6) is 11.5 Å². The van der Waals surface area contributed by atoms with Crippen molar-refractivity contribution in [1.29, 1.82) is 0 Å². The molecule has 21 heavy (non-hydrogen) atoms. The van der Waals surface area contributed by atoms with Crippen molar-refractivity contribution in [1.82, 2.24) is 4.90 Å².